The van der Waals surface area contributed by atoms with E-state index >= 15 is 0 Å². The number of nitrogens with zero attached hydrogens (tertiary/aromatic N) is 5. The third-order valence-electron chi connectivity index (χ3n) is 4.15. The van der Waals surface area contributed by atoms with Crippen molar-refractivity contribution in [1.29, 1.82) is 0 Å². The van der Waals surface area contributed by atoms with Crippen molar-refractivity contribution in [3.8, 4) is 0 Å². The fourth-order valence-electron chi connectivity index (χ4n) is 2.72. The van der Waals surface area contributed by atoms with E-state index < -0.39 is 12.0 Å². The molecule has 1 amide bonds. The molecule has 0 aliphatic carbocycles. The van der Waals surface area contributed by atoms with Crippen LogP contribution in [0, 0.1) is 0 Å². The molecule has 0 aromatic carbocycles. The zero-order chi connectivity index (χ0) is 19.6. The molecule has 0 atom stereocenters. The molecule has 1 aliphatic heterocycles. The number of carbonyl (C=O) groups is 1. The number of hydrogen-bond donors (Lipinski definition) is 0. The van der Waals surface area contributed by atoms with Crippen LogP contribution in [0.5, 0.6) is 0 Å². The summed E-state index contributed by atoms with van der Waals surface area (Å²) in [6.07, 6.45) is -4.56. The van der Waals surface area contributed by atoms with Crippen LogP contribution in [-0.2, 0) is 24.6 Å². The number of hydrogen-bond acceptors (Lipinski definition) is 6. The maximum Gasteiger partial charge on any atom is 0.451 e. The van der Waals surface area contributed by atoms with Gasteiger partial charge >= 0.3 is 6.18 Å². The van der Waals surface area contributed by atoms with Crippen LogP contribution in [0.4, 0.5) is 13.2 Å². The van der Waals surface area contributed by atoms with E-state index in [0.717, 1.165) is 40.3 Å². The first-order valence-electron chi connectivity index (χ1n) is 8.08. The lowest BCUT2D eigenvalue weighted by Crippen LogP contribution is -2.48. The van der Waals surface area contributed by atoms with Gasteiger partial charge in [-0.2, -0.15) is 13.2 Å². The Morgan fingerprint density at radius 2 is 1.96 bits per heavy atom. The van der Waals surface area contributed by atoms with Gasteiger partial charge in [0.2, 0.25) is 11.7 Å². The van der Waals surface area contributed by atoms with Crippen LogP contribution in [-0.4, -0.2) is 62.4 Å². The van der Waals surface area contributed by atoms with Crippen molar-refractivity contribution in [1.82, 2.24) is 24.6 Å². The van der Waals surface area contributed by atoms with Crippen molar-refractivity contribution in [2.75, 3.05) is 31.9 Å². The molecule has 6 nitrogen and oxygen atoms in total. The summed E-state index contributed by atoms with van der Waals surface area (Å²) >= 11 is 8.44. The summed E-state index contributed by atoms with van der Waals surface area (Å²) in [7, 11) is 1.24. The van der Waals surface area contributed by atoms with E-state index in [0.29, 0.717) is 13.1 Å². The normalized spacial score (nSPS) is 16.1. The summed E-state index contributed by atoms with van der Waals surface area (Å²) in [5.74, 6) is -1.15. The lowest BCUT2D eigenvalue weighted by Gasteiger charge is -2.34. The minimum Gasteiger partial charge on any atom is -0.339 e. The summed E-state index contributed by atoms with van der Waals surface area (Å²) in [6.45, 7) is 3.46. The highest BCUT2D eigenvalue weighted by atomic mass is 35.5. The van der Waals surface area contributed by atoms with Crippen molar-refractivity contribution < 1.29 is 18.0 Å². The van der Waals surface area contributed by atoms with Gasteiger partial charge < -0.3 is 9.47 Å². The Hall–Kier alpha value is -1.30. The Morgan fingerprint density at radius 3 is 2.52 bits per heavy atom. The molecule has 0 saturated carbocycles. The molecule has 1 fully saturated rings. The van der Waals surface area contributed by atoms with Crippen LogP contribution in [0.15, 0.2) is 17.3 Å². The average Bonchev–Trinajstić information content (AvgIpc) is 3.18. The minimum absolute atomic E-state index is 0.0321. The second-order valence-electron chi connectivity index (χ2n) is 6.01. The molecule has 0 N–H and O–H groups in total. The highest BCUT2D eigenvalue weighted by molar-refractivity contribution is 7.99. The van der Waals surface area contributed by atoms with E-state index in [-0.39, 0.29) is 16.8 Å². The molecular formula is C15H17ClF3N5OS2. The predicted molar refractivity (Wildman–Crippen MR) is 97.9 cm³/mol. The molecular weight excluding hydrogens is 423 g/mol. The van der Waals surface area contributed by atoms with E-state index in [1.54, 1.807) is 16.2 Å². The van der Waals surface area contributed by atoms with Crippen LogP contribution < -0.4 is 0 Å². The standard InChI is InChI=1S/C15H17ClF3N5OS2/c1-22-13(15(17,18)19)20-21-14(22)26-9-12(25)24-6-4-23(5-7-24)8-10-2-3-11(16)27-10/h2-3H,4-9H2,1H3. The number of aromatic nitrogens is 3. The van der Waals surface area contributed by atoms with Gasteiger partial charge in [0, 0.05) is 44.6 Å². The van der Waals surface area contributed by atoms with E-state index in [1.807, 2.05) is 12.1 Å². The van der Waals surface area contributed by atoms with Gasteiger partial charge in [-0.05, 0) is 12.1 Å². The number of amides is 1. The topological polar surface area (TPSA) is 54.3 Å². The fourth-order valence-corrected chi connectivity index (χ4v) is 4.66. The van der Waals surface area contributed by atoms with E-state index in [1.165, 1.54) is 11.9 Å². The third-order valence-corrected chi connectivity index (χ3v) is 6.37. The molecule has 0 unspecified atom stereocenters. The first kappa shape index (κ1) is 20.4. The molecule has 12 heteroatoms. The first-order valence-corrected chi connectivity index (χ1v) is 10.3. The maximum atomic E-state index is 12.7. The fraction of sp³-hybridized carbons (Fsp3) is 0.533. The van der Waals surface area contributed by atoms with Crippen LogP contribution >= 0.6 is 34.7 Å². The molecule has 3 heterocycles. The van der Waals surface area contributed by atoms with Gasteiger partial charge in [-0.3, -0.25) is 9.69 Å². The lowest BCUT2D eigenvalue weighted by molar-refractivity contribution is -0.147. The Morgan fingerprint density at radius 1 is 1.26 bits per heavy atom. The molecule has 0 bridgehead atoms. The summed E-state index contributed by atoms with van der Waals surface area (Å²) < 4.78 is 39.8. The number of rotatable bonds is 5. The van der Waals surface area contributed by atoms with Gasteiger partial charge in [-0.1, -0.05) is 23.4 Å². The van der Waals surface area contributed by atoms with Crippen molar-refractivity contribution in [3.63, 3.8) is 0 Å². The smallest absolute Gasteiger partial charge is 0.339 e. The molecule has 0 radical (unpaired) electrons. The number of thiophene rings is 1. The maximum absolute atomic E-state index is 12.7. The Bertz CT molecular complexity index is 802. The van der Waals surface area contributed by atoms with Gasteiger partial charge in [0.15, 0.2) is 5.16 Å². The lowest BCUT2D eigenvalue weighted by atomic mass is 10.3. The predicted octanol–water partition coefficient (Wildman–Crippen LogP) is 2.99. The Balaban J connectivity index is 1.47. The highest BCUT2D eigenvalue weighted by Crippen LogP contribution is 2.29. The Labute approximate surface area is 167 Å². The van der Waals surface area contributed by atoms with Gasteiger partial charge in [0.05, 0.1) is 10.1 Å². The van der Waals surface area contributed by atoms with Crippen molar-refractivity contribution in [2.24, 2.45) is 7.05 Å². The molecule has 148 valence electrons. The van der Waals surface area contributed by atoms with Crippen LogP contribution in [0.25, 0.3) is 0 Å². The Kier molecular flexibility index (Phi) is 6.34. The van der Waals surface area contributed by atoms with E-state index in [9.17, 15) is 18.0 Å². The number of alkyl halides is 3. The summed E-state index contributed by atoms with van der Waals surface area (Å²) in [4.78, 5) is 17.5. The van der Waals surface area contributed by atoms with Crippen molar-refractivity contribution in [2.45, 2.75) is 17.9 Å². The molecule has 2 aromatic heterocycles. The molecule has 27 heavy (non-hydrogen) atoms. The molecule has 0 spiro atoms. The molecule has 3 rings (SSSR count). The van der Waals surface area contributed by atoms with E-state index in [4.69, 9.17) is 11.6 Å². The van der Waals surface area contributed by atoms with Gasteiger partial charge in [0.25, 0.3) is 0 Å². The summed E-state index contributed by atoms with van der Waals surface area (Å²) in [5, 5.41) is 6.76. The quantitative estimate of drug-likeness (QED) is 0.670. The molecule has 1 aliphatic rings. The van der Waals surface area contributed by atoms with Gasteiger partial charge in [0.1, 0.15) is 0 Å². The third kappa shape index (κ3) is 5.15. The number of carbonyl (C=O) groups excluding carboxylic acids is 1. The second-order valence-corrected chi connectivity index (χ2v) is 8.76. The van der Waals surface area contributed by atoms with Crippen molar-refractivity contribution in [3.05, 3.63) is 27.2 Å². The monoisotopic (exact) mass is 439 g/mol. The average molecular weight is 440 g/mol. The van der Waals surface area contributed by atoms with Crippen molar-refractivity contribution >= 4 is 40.6 Å². The van der Waals surface area contributed by atoms with Crippen LogP contribution in [0.2, 0.25) is 4.34 Å². The zero-order valence-corrected chi connectivity index (χ0v) is 16.8. The SMILES string of the molecule is Cn1c(SCC(=O)N2CCN(Cc3ccc(Cl)s3)CC2)nnc1C(F)(F)F. The number of halogens is 4. The zero-order valence-electron chi connectivity index (χ0n) is 14.4. The van der Waals surface area contributed by atoms with Gasteiger partial charge in [-0.15, -0.1) is 21.5 Å². The highest BCUT2D eigenvalue weighted by Gasteiger charge is 2.37. The molecule has 1 saturated heterocycles. The number of piperazine rings is 1. The minimum atomic E-state index is -4.56. The van der Waals surface area contributed by atoms with E-state index in [2.05, 4.69) is 15.1 Å². The largest absolute Gasteiger partial charge is 0.451 e. The number of thioether (sulfide) groups is 1. The van der Waals surface area contributed by atoms with Gasteiger partial charge in [-0.25, -0.2) is 0 Å². The van der Waals surface area contributed by atoms with Crippen LogP contribution in [0.3, 0.4) is 0 Å². The molecule has 2 aromatic rings. The first-order chi connectivity index (χ1) is 12.7. The summed E-state index contributed by atoms with van der Waals surface area (Å²) in [6, 6.07) is 3.87. The second kappa shape index (κ2) is 8.38. The summed E-state index contributed by atoms with van der Waals surface area (Å²) in [5.41, 5.74) is 0. The van der Waals surface area contributed by atoms with Crippen LogP contribution in [0.1, 0.15) is 10.7 Å².